The Morgan fingerprint density at radius 2 is 1.89 bits per heavy atom. The normalized spacial score (nSPS) is 12.1. The number of imidazole rings is 1. The number of ether oxygens (including phenoxy) is 2. The minimum atomic E-state index is -0.241. The lowest BCUT2D eigenvalue weighted by atomic mass is 10.3. The molecule has 0 bridgehead atoms. The maximum Gasteiger partial charge on any atom is 0.326 e. The van der Waals surface area contributed by atoms with Crippen molar-refractivity contribution < 1.29 is 14.3 Å². The highest BCUT2D eigenvalue weighted by atomic mass is 32.2. The van der Waals surface area contributed by atoms with E-state index in [1.165, 1.54) is 0 Å². The van der Waals surface area contributed by atoms with Crippen LogP contribution in [0.2, 0.25) is 0 Å². The Balaban J connectivity index is 1.67. The fourth-order valence-corrected chi connectivity index (χ4v) is 3.43. The fourth-order valence-electron chi connectivity index (χ4n) is 2.60. The number of fused-ring (bicyclic) bond motifs is 1. The Morgan fingerprint density at radius 1 is 1.15 bits per heavy atom. The van der Waals surface area contributed by atoms with Gasteiger partial charge in [-0.25, -0.2) is 4.98 Å². The molecular formula is C21H24N2O3S. The molecule has 3 aromatic rings. The molecule has 0 aliphatic carbocycles. The van der Waals surface area contributed by atoms with Crippen molar-refractivity contribution in [3.8, 4) is 5.75 Å². The quantitative estimate of drug-likeness (QED) is 0.308. The number of thioether (sulfide) groups is 1. The first kappa shape index (κ1) is 19.3. The Morgan fingerprint density at radius 3 is 2.67 bits per heavy atom. The molecule has 0 amide bonds. The lowest BCUT2D eigenvalue weighted by Gasteiger charge is -2.13. The van der Waals surface area contributed by atoms with Crippen molar-refractivity contribution in [2.45, 2.75) is 38.1 Å². The summed E-state index contributed by atoms with van der Waals surface area (Å²) in [5, 5.41) is 0.800. The number of hydrogen-bond donors (Lipinski definition) is 0. The molecule has 1 heterocycles. The molecule has 2 aromatic carbocycles. The zero-order valence-corrected chi connectivity index (χ0v) is 16.4. The number of para-hydroxylation sites is 3. The topological polar surface area (TPSA) is 53.4 Å². The van der Waals surface area contributed by atoms with Gasteiger partial charge in [-0.1, -0.05) is 49.0 Å². The van der Waals surface area contributed by atoms with Crippen LogP contribution in [0.1, 0.15) is 20.3 Å². The van der Waals surface area contributed by atoms with Gasteiger partial charge in [0.1, 0.15) is 12.3 Å². The third-order valence-corrected chi connectivity index (χ3v) is 5.08. The molecule has 142 valence electrons. The van der Waals surface area contributed by atoms with Gasteiger partial charge in [0.25, 0.3) is 0 Å². The third kappa shape index (κ3) is 5.26. The summed E-state index contributed by atoms with van der Waals surface area (Å²) in [5.74, 6) is 1.34. The van der Waals surface area contributed by atoms with E-state index < -0.39 is 0 Å². The predicted octanol–water partition coefficient (Wildman–Crippen LogP) is 4.55. The summed E-state index contributed by atoms with van der Waals surface area (Å²) >= 11 is 1.58. The van der Waals surface area contributed by atoms with Crippen molar-refractivity contribution >= 4 is 28.8 Å². The molecule has 1 aromatic heterocycles. The molecule has 3 rings (SSSR count). The SMILES string of the molecule is CCC(C)OC(=O)Cn1c(SCCOc2ccccc2)nc2ccccc21. The Bertz CT molecular complexity index is 880. The molecule has 6 heteroatoms. The maximum absolute atomic E-state index is 12.3. The van der Waals surface area contributed by atoms with Gasteiger partial charge in [0.15, 0.2) is 5.16 Å². The second-order valence-corrected chi connectivity index (χ2v) is 7.25. The van der Waals surface area contributed by atoms with E-state index in [4.69, 9.17) is 9.47 Å². The van der Waals surface area contributed by atoms with Gasteiger partial charge in [-0.2, -0.15) is 0 Å². The number of benzene rings is 2. The largest absolute Gasteiger partial charge is 0.493 e. The van der Waals surface area contributed by atoms with Gasteiger partial charge in [-0.3, -0.25) is 4.79 Å². The molecule has 0 aliphatic heterocycles. The zero-order valence-electron chi connectivity index (χ0n) is 15.6. The zero-order chi connectivity index (χ0) is 19.1. The van der Waals surface area contributed by atoms with Crippen LogP contribution < -0.4 is 4.74 Å². The van der Waals surface area contributed by atoms with Crippen LogP contribution in [-0.2, 0) is 16.1 Å². The van der Waals surface area contributed by atoms with E-state index in [1.807, 2.05) is 73.0 Å². The van der Waals surface area contributed by atoms with E-state index in [9.17, 15) is 4.79 Å². The third-order valence-electron chi connectivity index (χ3n) is 4.14. The van der Waals surface area contributed by atoms with Crippen LogP contribution in [0.5, 0.6) is 5.75 Å². The standard InChI is InChI=1S/C21H24N2O3S/c1-3-16(2)26-20(24)15-23-19-12-8-7-11-18(19)22-21(23)27-14-13-25-17-9-5-4-6-10-17/h4-12,16H,3,13-15H2,1-2H3. The summed E-state index contributed by atoms with van der Waals surface area (Å²) < 4.78 is 13.1. The molecular weight excluding hydrogens is 360 g/mol. The highest BCUT2D eigenvalue weighted by Crippen LogP contribution is 2.24. The van der Waals surface area contributed by atoms with Crippen molar-refractivity contribution in [2.75, 3.05) is 12.4 Å². The van der Waals surface area contributed by atoms with Crippen molar-refractivity contribution in [2.24, 2.45) is 0 Å². The van der Waals surface area contributed by atoms with Crippen LogP contribution in [0.25, 0.3) is 11.0 Å². The predicted molar refractivity (Wildman–Crippen MR) is 108 cm³/mol. The Labute approximate surface area is 163 Å². The number of carbonyl (C=O) groups is 1. The summed E-state index contributed by atoms with van der Waals surface area (Å²) in [6, 6.07) is 17.6. The first-order valence-electron chi connectivity index (χ1n) is 9.12. The van der Waals surface area contributed by atoms with E-state index in [-0.39, 0.29) is 18.6 Å². The van der Waals surface area contributed by atoms with Gasteiger partial charge >= 0.3 is 5.97 Å². The number of rotatable bonds is 9. The molecule has 0 saturated carbocycles. The molecule has 1 atom stereocenters. The van der Waals surface area contributed by atoms with Crippen LogP contribution >= 0.6 is 11.8 Å². The number of nitrogens with zero attached hydrogens (tertiary/aromatic N) is 2. The summed E-state index contributed by atoms with van der Waals surface area (Å²) in [6.45, 7) is 4.63. The monoisotopic (exact) mass is 384 g/mol. The highest BCUT2D eigenvalue weighted by Gasteiger charge is 2.16. The average molecular weight is 385 g/mol. The lowest BCUT2D eigenvalue weighted by molar-refractivity contribution is -0.149. The van der Waals surface area contributed by atoms with E-state index in [2.05, 4.69) is 4.98 Å². The van der Waals surface area contributed by atoms with Crippen molar-refractivity contribution in [3.05, 3.63) is 54.6 Å². The molecule has 0 aliphatic rings. The lowest BCUT2D eigenvalue weighted by Crippen LogP contribution is -2.19. The summed E-state index contributed by atoms with van der Waals surface area (Å²) in [5.41, 5.74) is 1.81. The van der Waals surface area contributed by atoms with Gasteiger partial charge < -0.3 is 14.0 Å². The highest BCUT2D eigenvalue weighted by molar-refractivity contribution is 7.99. The van der Waals surface area contributed by atoms with Gasteiger partial charge in [-0.15, -0.1) is 0 Å². The van der Waals surface area contributed by atoms with E-state index in [0.29, 0.717) is 6.61 Å². The molecule has 5 nitrogen and oxygen atoms in total. The van der Waals surface area contributed by atoms with Crippen LogP contribution in [0.3, 0.4) is 0 Å². The minimum absolute atomic E-state index is 0.0809. The number of hydrogen-bond acceptors (Lipinski definition) is 5. The van der Waals surface area contributed by atoms with Gasteiger partial charge in [-0.05, 0) is 37.6 Å². The second kappa shape index (κ2) is 9.46. The second-order valence-electron chi connectivity index (χ2n) is 6.19. The number of esters is 1. The van der Waals surface area contributed by atoms with E-state index in [0.717, 1.165) is 34.1 Å². The molecule has 1 unspecified atom stereocenters. The fraction of sp³-hybridized carbons (Fsp3) is 0.333. The molecule has 0 spiro atoms. The van der Waals surface area contributed by atoms with E-state index in [1.54, 1.807) is 11.8 Å². The summed E-state index contributed by atoms with van der Waals surface area (Å²) in [6.07, 6.45) is 0.720. The minimum Gasteiger partial charge on any atom is -0.493 e. The van der Waals surface area contributed by atoms with E-state index >= 15 is 0 Å². The summed E-state index contributed by atoms with van der Waals surface area (Å²) in [4.78, 5) is 17.0. The van der Waals surface area contributed by atoms with Crippen molar-refractivity contribution in [1.29, 1.82) is 0 Å². The van der Waals surface area contributed by atoms with Gasteiger partial charge in [0.05, 0.1) is 23.7 Å². The first-order valence-corrected chi connectivity index (χ1v) is 10.1. The van der Waals surface area contributed by atoms with Crippen LogP contribution in [0.4, 0.5) is 0 Å². The first-order chi connectivity index (χ1) is 13.2. The molecule has 0 radical (unpaired) electrons. The average Bonchev–Trinajstić information content (AvgIpc) is 3.03. The smallest absolute Gasteiger partial charge is 0.326 e. The Kier molecular flexibility index (Phi) is 6.76. The number of carbonyl (C=O) groups excluding carboxylic acids is 1. The van der Waals surface area contributed by atoms with Gasteiger partial charge in [0, 0.05) is 5.75 Å². The molecule has 0 saturated heterocycles. The molecule has 0 fully saturated rings. The maximum atomic E-state index is 12.3. The van der Waals surface area contributed by atoms with Crippen molar-refractivity contribution in [1.82, 2.24) is 9.55 Å². The molecule has 27 heavy (non-hydrogen) atoms. The summed E-state index contributed by atoms with van der Waals surface area (Å²) in [7, 11) is 0. The number of aromatic nitrogens is 2. The van der Waals surface area contributed by atoms with Crippen molar-refractivity contribution in [3.63, 3.8) is 0 Å². The van der Waals surface area contributed by atoms with Gasteiger partial charge in [0.2, 0.25) is 0 Å². The van der Waals surface area contributed by atoms with Crippen LogP contribution in [0, 0.1) is 0 Å². The van der Waals surface area contributed by atoms with Crippen LogP contribution in [-0.4, -0.2) is 34.0 Å². The Hall–Kier alpha value is -2.47. The molecule has 0 N–H and O–H groups in total. The van der Waals surface area contributed by atoms with Crippen LogP contribution in [0.15, 0.2) is 59.8 Å².